The molecule has 0 aliphatic heterocycles. The maximum atomic E-state index is 12.4. The summed E-state index contributed by atoms with van der Waals surface area (Å²) >= 11 is 0. The van der Waals surface area contributed by atoms with Crippen molar-refractivity contribution in [2.75, 3.05) is 27.9 Å². The van der Waals surface area contributed by atoms with Crippen molar-refractivity contribution < 1.29 is 28.9 Å². The lowest BCUT2D eigenvalue weighted by molar-refractivity contribution is -0.121. The Balaban J connectivity index is 1.80. The molecule has 0 radical (unpaired) electrons. The van der Waals surface area contributed by atoms with Gasteiger partial charge in [0.25, 0.3) is 5.91 Å². The first kappa shape index (κ1) is 22.5. The lowest BCUT2D eigenvalue weighted by Crippen LogP contribution is -2.26. The fraction of sp³-hybridized carbons (Fsp3) is 0.286. The monoisotopic (exact) mass is 415 g/mol. The Morgan fingerprint density at radius 3 is 2.37 bits per heavy atom. The van der Waals surface area contributed by atoms with Gasteiger partial charge in [0.1, 0.15) is 5.75 Å². The highest BCUT2D eigenvalue weighted by Crippen LogP contribution is 2.38. The topological polar surface area (TPSA) is 118 Å². The lowest BCUT2D eigenvalue weighted by atomic mass is 10.1. The Morgan fingerprint density at radius 1 is 1.07 bits per heavy atom. The molecule has 0 aliphatic carbocycles. The van der Waals surface area contributed by atoms with Gasteiger partial charge in [0.2, 0.25) is 11.7 Å². The molecule has 3 N–H and O–H groups in total. The maximum absolute atomic E-state index is 12.4. The number of aromatic hydroxyl groups is 1. The number of phenolic OH excluding ortho intramolecular Hbond substituents is 1. The van der Waals surface area contributed by atoms with Crippen LogP contribution >= 0.6 is 0 Å². The molecule has 160 valence electrons. The largest absolute Gasteiger partial charge is 0.508 e. The molecule has 0 aliphatic rings. The van der Waals surface area contributed by atoms with Crippen LogP contribution in [0.5, 0.6) is 23.0 Å². The number of carbonyl (C=O) groups excluding carboxylic acids is 2. The SMILES string of the molecule is COc1cc(C(=O)NCCCC(=O)NN=Cc2cccc(O)c2)cc(OC)c1OC. The minimum Gasteiger partial charge on any atom is -0.508 e. The fourth-order valence-electron chi connectivity index (χ4n) is 2.60. The van der Waals surface area contributed by atoms with Crippen LogP contribution in [0.2, 0.25) is 0 Å². The van der Waals surface area contributed by atoms with Gasteiger partial charge in [-0.1, -0.05) is 12.1 Å². The number of amides is 2. The first-order valence-electron chi connectivity index (χ1n) is 9.17. The quantitative estimate of drug-likeness (QED) is 0.311. The van der Waals surface area contributed by atoms with E-state index in [9.17, 15) is 14.7 Å². The number of ether oxygens (including phenoxy) is 3. The second kappa shape index (κ2) is 11.3. The molecule has 0 aromatic heterocycles. The van der Waals surface area contributed by atoms with Crippen molar-refractivity contribution in [1.82, 2.24) is 10.7 Å². The van der Waals surface area contributed by atoms with E-state index in [1.807, 2.05) is 0 Å². The second-order valence-electron chi connectivity index (χ2n) is 6.16. The molecule has 0 heterocycles. The van der Waals surface area contributed by atoms with Crippen LogP contribution in [0.3, 0.4) is 0 Å². The zero-order chi connectivity index (χ0) is 21.9. The van der Waals surface area contributed by atoms with Gasteiger partial charge in [0.15, 0.2) is 11.5 Å². The Morgan fingerprint density at radius 2 is 1.77 bits per heavy atom. The first-order valence-corrected chi connectivity index (χ1v) is 9.17. The third-order valence-electron chi connectivity index (χ3n) is 4.07. The minimum absolute atomic E-state index is 0.119. The van der Waals surface area contributed by atoms with E-state index in [1.54, 1.807) is 30.3 Å². The summed E-state index contributed by atoms with van der Waals surface area (Å²) < 4.78 is 15.7. The third-order valence-corrected chi connectivity index (χ3v) is 4.07. The number of hydrazone groups is 1. The molecule has 0 unspecified atom stereocenters. The number of nitrogens with zero attached hydrogens (tertiary/aromatic N) is 1. The average Bonchev–Trinajstić information content (AvgIpc) is 2.75. The molecular weight excluding hydrogens is 390 g/mol. The molecule has 0 bridgehead atoms. The average molecular weight is 415 g/mol. The summed E-state index contributed by atoms with van der Waals surface area (Å²) in [6.45, 7) is 0.305. The highest BCUT2D eigenvalue weighted by molar-refractivity contribution is 5.95. The Kier molecular flexibility index (Phi) is 8.49. The molecule has 0 atom stereocenters. The number of carbonyl (C=O) groups is 2. The minimum atomic E-state index is -0.323. The van der Waals surface area contributed by atoms with Crippen molar-refractivity contribution in [2.45, 2.75) is 12.8 Å². The van der Waals surface area contributed by atoms with Gasteiger partial charge in [-0.05, 0) is 36.2 Å². The normalized spacial score (nSPS) is 10.5. The van der Waals surface area contributed by atoms with Crippen LogP contribution in [0, 0.1) is 0 Å². The fourth-order valence-corrected chi connectivity index (χ4v) is 2.60. The van der Waals surface area contributed by atoms with Crippen LogP contribution in [-0.4, -0.2) is 51.0 Å². The molecule has 0 saturated carbocycles. The summed E-state index contributed by atoms with van der Waals surface area (Å²) in [4.78, 5) is 24.2. The van der Waals surface area contributed by atoms with Crippen LogP contribution in [0.25, 0.3) is 0 Å². The van der Waals surface area contributed by atoms with Gasteiger partial charge in [-0.3, -0.25) is 9.59 Å². The number of methoxy groups -OCH3 is 3. The van der Waals surface area contributed by atoms with Crippen LogP contribution in [0.4, 0.5) is 0 Å². The van der Waals surface area contributed by atoms with Crippen LogP contribution in [0.15, 0.2) is 41.5 Å². The third kappa shape index (κ3) is 6.40. The zero-order valence-electron chi connectivity index (χ0n) is 17.1. The van der Waals surface area contributed by atoms with E-state index in [0.717, 1.165) is 0 Å². The van der Waals surface area contributed by atoms with E-state index in [1.165, 1.54) is 33.6 Å². The molecule has 30 heavy (non-hydrogen) atoms. The second-order valence-corrected chi connectivity index (χ2v) is 6.16. The summed E-state index contributed by atoms with van der Waals surface area (Å²) in [5.41, 5.74) is 3.41. The van der Waals surface area contributed by atoms with Crippen LogP contribution in [0.1, 0.15) is 28.8 Å². The summed E-state index contributed by atoms with van der Waals surface area (Å²) in [5.74, 6) is 0.676. The summed E-state index contributed by atoms with van der Waals surface area (Å²) in [7, 11) is 4.43. The van der Waals surface area contributed by atoms with Crippen molar-refractivity contribution >= 4 is 18.0 Å². The Hall–Kier alpha value is -3.75. The molecule has 0 fully saturated rings. The van der Waals surface area contributed by atoms with Crippen molar-refractivity contribution in [3.63, 3.8) is 0 Å². The van der Waals surface area contributed by atoms with E-state index in [2.05, 4.69) is 15.8 Å². The standard InChI is InChI=1S/C21H25N3O6/c1-28-17-11-15(12-18(29-2)20(17)30-3)21(27)22-9-5-8-19(26)24-23-13-14-6-4-7-16(25)10-14/h4,6-7,10-13,25H,5,8-9H2,1-3H3,(H,22,27)(H,24,26). The number of nitrogens with one attached hydrogen (secondary N) is 2. The number of hydrogen-bond donors (Lipinski definition) is 3. The number of benzene rings is 2. The molecule has 2 aromatic rings. The first-order chi connectivity index (χ1) is 14.5. The number of hydrogen-bond acceptors (Lipinski definition) is 7. The predicted octanol–water partition coefficient (Wildman–Crippen LogP) is 2.08. The lowest BCUT2D eigenvalue weighted by Gasteiger charge is -2.14. The van der Waals surface area contributed by atoms with E-state index in [4.69, 9.17) is 14.2 Å². The Bertz CT molecular complexity index is 888. The van der Waals surface area contributed by atoms with Crippen molar-refractivity contribution in [2.24, 2.45) is 5.10 Å². The van der Waals surface area contributed by atoms with E-state index < -0.39 is 0 Å². The Labute approximate surface area is 174 Å². The maximum Gasteiger partial charge on any atom is 0.251 e. The smallest absolute Gasteiger partial charge is 0.251 e. The number of phenols is 1. The molecule has 2 amide bonds. The molecule has 9 nitrogen and oxygen atoms in total. The van der Waals surface area contributed by atoms with Crippen molar-refractivity contribution in [3.05, 3.63) is 47.5 Å². The van der Waals surface area contributed by atoms with Crippen LogP contribution in [-0.2, 0) is 4.79 Å². The summed E-state index contributed by atoms with van der Waals surface area (Å²) in [5, 5.41) is 16.0. The van der Waals surface area contributed by atoms with Gasteiger partial charge in [-0.15, -0.1) is 0 Å². The van der Waals surface area contributed by atoms with Gasteiger partial charge in [0.05, 0.1) is 27.5 Å². The van der Waals surface area contributed by atoms with Gasteiger partial charge in [-0.2, -0.15) is 5.10 Å². The van der Waals surface area contributed by atoms with Crippen LogP contribution < -0.4 is 25.0 Å². The molecule has 0 saturated heterocycles. The van der Waals surface area contributed by atoms with E-state index >= 15 is 0 Å². The van der Waals surface area contributed by atoms with Gasteiger partial charge in [-0.25, -0.2) is 5.43 Å². The van der Waals surface area contributed by atoms with Crippen molar-refractivity contribution in [3.8, 4) is 23.0 Å². The van der Waals surface area contributed by atoms with E-state index in [-0.39, 0.29) is 24.0 Å². The number of rotatable bonds is 10. The highest BCUT2D eigenvalue weighted by atomic mass is 16.5. The molecule has 2 rings (SSSR count). The molecule has 2 aromatic carbocycles. The van der Waals surface area contributed by atoms with Gasteiger partial charge in [0, 0.05) is 18.5 Å². The molecular formula is C21H25N3O6. The predicted molar refractivity (Wildman–Crippen MR) is 112 cm³/mol. The van der Waals surface area contributed by atoms with Crippen molar-refractivity contribution in [1.29, 1.82) is 0 Å². The summed E-state index contributed by atoms with van der Waals surface area (Å²) in [6.07, 6.45) is 2.06. The highest BCUT2D eigenvalue weighted by Gasteiger charge is 2.16. The van der Waals surface area contributed by atoms with Gasteiger partial charge >= 0.3 is 0 Å². The van der Waals surface area contributed by atoms with E-state index in [0.29, 0.717) is 41.3 Å². The van der Waals surface area contributed by atoms with Gasteiger partial charge < -0.3 is 24.6 Å². The zero-order valence-corrected chi connectivity index (χ0v) is 17.1. The summed E-state index contributed by atoms with van der Waals surface area (Å²) in [6, 6.07) is 9.60. The molecule has 0 spiro atoms. The molecule has 9 heteroatoms.